The van der Waals surface area contributed by atoms with Crippen LogP contribution in [-0.4, -0.2) is 0 Å². The Bertz CT molecular complexity index is 364. The van der Waals surface area contributed by atoms with E-state index in [9.17, 15) is 0 Å². The number of anilines is 1. The van der Waals surface area contributed by atoms with Gasteiger partial charge in [0.2, 0.25) is 0 Å². The minimum absolute atomic E-state index is 0.704. The number of hydrogen-bond donors (Lipinski definition) is 0. The van der Waals surface area contributed by atoms with E-state index in [1.54, 1.807) is 0 Å². The van der Waals surface area contributed by atoms with Crippen molar-refractivity contribution in [3.05, 3.63) is 54.9 Å². The summed E-state index contributed by atoms with van der Waals surface area (Å²) in [5.41, 5.74) is 1.23. The van der Waals surface area contributed by atoms with Crippen molar-refractivity contribution in [2.45, 2.75) is 26.2 Å². The molecule has 1 unspecified atom stereocenters. The molecular formula is C15H19N. The molecule has 1 heteroatoms. The number of allylic oxidation sites excluding steroid dienone is 2. The largest absolute Gasteiger partial charge is 0.325 e. The molecule has 0 aromatic heterocycles. The fraction of sp³-hybridized carbons (Fsp3) is 0.333. The number of benzene rings is 1. The predicted octanol–water partition coefficient (Wildman–Crippen LogP) is 4.34. The van der Waals surface area contributed by atoms with Crippen LogP contribution in [0.1, 0.15) is 26.2 Å². The van der Waals surface area contributed by atoms with Gasteiger partial charge in [0.25, 0.3) is 0 Å². The van der Waals surface area contributed by atoms with Crippen molar-refractivity contribution < 1.29 is 0 Å². The number of hydrogen-bond acceptors (Lipinski definition) is 1. The van der Waals surface area contributed by atoms with Crippen LogP contribution in [0.2, 0.25) is 0 Å². The average molecular weight is 213 g/mol. The first-order valence-corrected chi connectivity index (χ1v) is 6.08. The number of para-hydroxylation sites is 1. The SMILES string of the molecule is CCCC1C=CN(c2ccccc2)C=CC1. The van der Waals surface area contributed by atoms with Gasteiger partial charge < -0.3 is 4.90 Å². The van der Waals surface area contributed by atoms with Crippen LogP contribution in [0.3, 0.4) is 0 Å². The standard InChI is InChI=1S/C15H19N/c1-2-7-14-8-6-12-16(13-11-14)15-9-4-3-5-10-15/h3-6,9-14H,2,7-8H2,1H3. The fourth-order valence-corrected chi connectivity index (χ4v) is 2.05. The molecule has 0 saturated heterocycles. The van der Waals surface area contributed by atoms with Crippen LogP contribution < -0.4 is 4.90 Å². The van der Waals surface area contributed by atoms with Crippen molar-refractivity contribution in [1.82, 2.24) is 0 Å². The number of nitrogens with zero attached hydrogens (tertiary/aromatic N) is 1. The zero-order valence-corrected chi connectivity index (χ0v) is 9.84. The zero-order chi connectivity index (χ0) is 11.2. The predicted molar refractivity (Wildman–Crippen MR) is 70.2 cm³/mol. The van der Waals surface area contributed by atoms with Gasteiger partial charge in [0, 0.05) is 18.1 Å². The maximum atomic E-state index is 2.33. The molecule has 0 amide bonds. The molecule has 1 aliphatic rings. The highest BCUT2D eigenvalue weighted by molar-refractivity contribution is 5.52. The summed E-state index contributed by atoms with van der Waals surface area (Å²) < 4.78 is 0. The second-order valence-electron chi connectivity index (χ2n) is 4.25. The average Bonchev–Trinajstić information content (AvgIpc) is 2.57. The van der Waals surface area contributed by atoms with Crippen LogP contribution in [0.5, 0.6) is 0 Å². The van der Waals surface area contributed by atoms with Gasteiger partial charge in [0.15, 0.2) is 0 Å². The van der Waals surface area contributed by atoms with Gasteiger partial charge in [-0.05, 0) is 30.9 Å². The molecule has 0 saturated carbocycles. The summed E-state index contributed by atoms with van der Waals surface area (Å²) in [4.78, 5) is 2.19. The summed E-state index contributed by atoms with van der Waals surface area (Å²) in [6.45, 7) is 2.25. The molecule has 0 bridgehead atoms. The molecular weight excluding hydrogens is 194 g/mol. The lowest BCUT2D eigenvalue weighted by molar-refractivity contribution is 0.589. The monoisotopic (exact) mass is 213 g/mol. The lowest BCUT2D eigenvalue weighted by Gasteiger charge is -2.14. The van der Waals surface area contributed by atoms with E-state index in [-0.39, 0.29) is 0 Å². The van der Waals surface area contributed by atoms with Gasteiger partial charge in [-0.3, -0.25) is 0 Å². The van der Waals surface area contributed by atoms with Gasteiger partial charge in [-0.15, -0.1) is 0 Å². The van der Waals surface area contributed by atoms with E-state index >= 15 is 0 Å². The first kappa shape index (κ1) is 11.0. The van der Waals surface area contributed by atoms with E-state index in [4.69, 9.17) is 0 Å². The van der Waals surface area contributed by atoms with Crippen molar-refractivity contribution in [3.8, 4) is 0 Å². The summed E-state index contributed by atoms with van der Waals surface area (Å²) in [7, 11) is 0. The Morgan fingerprint density at radius 2 is 2.00 bits per heavy atom. The molecule has 0 fully saturated rings. The van der Waals surface area contributed by atoms with E-state index in [2.05, 4.69) is 66.7 Å². The lowest BCUT2D eigenvalue weighted by Crippen LogP contribution is -2.05. The van der Waals surface area contributed by atoms with Gasteiger partial charge in [-0.2, -0.15) is 0 Å². The van der Waals surface area contributed by atoms with E-state index < -0.39 is 0 Å². The molecule has 1 aromatic carbocycles. The second-order valence-corrected chi connectivity index (χ2v) is 4.25. The Morgan fingerprint density at radius 3 is 2.75 bits per heavy atom. The van der Waals surface area contributed by atoms with Crippen molar-refractivity contribution in [2.24, 2.45) is 5.92 Å². The minimum Gasteiger partial charge on any atom is -0.325 e. The van der Waals surface area contributed by atoms with Gasteiger partial charge >= 0.3 is 0 Å². The maximum absolute atomic E-state index is 2.33. The first-order chi connectivity index (χ1) is 7.90. The van der Waals surface area contributed by atoms with Crippen LogP contribution in [-0.2, 0) is 0 Å². The van der Waals surface area contributed by atoms with Crippen molar-refractivity contribution in [2.75, 3.05) is 4.90 Å². The Hall–Kier alpha value is -1.50. The summed E-state index contributed by atoms with van der Waals surface area (Å²) in [6.07, 6.45) is 12.7. The van der Waals surface area contributed by atoms with E-state index in [1.807, 2.05) is 0 Å². The lowest BCUT2D eigenvalue weighted by atomic mass is 10.0. The highest BCUT2D eigenvalue weighted by Gasteiger charge is 2.06. The summed E-state index contributed by atoms with van der Waals surface area (Å²) in [6, 6.07) is 10.5. The molecule has 0 radical (unpaired) electrons. The van der Waals surface area contributed by atoms with E-state index in [0.29, 0.717) is 5.92 Å². The molecule has 1 aliphatic heterocycles. The molecule has 2 rings (SSSR count). The molecule has 0 aliphatic carbocycles. The highest BCUT2D eigenvalue weighted by Crippen LogP contribution is 2.21. The quantitative estimate of drug-likeness (QED) is 0.722. The van der Waals surface area contributed by atoms with Gasteiger partial charge in [0.1, 0.15) is 0 Å². The fourth-order valence-electron chi connectivity index (χ4n) is 2.05. The first-order valence-electron chi connectivity index (χ1n) is 6.08. The highest BCUT2D eigenvalue weighted by atomic mass is 15.1. The topological polar surface area (TPSA) is 3.24 Å². The molecule has 1 aromatic rings. The van der Waals surface area contributed by atoms with Crippen LogP contribution in [0.25, 0.3) is 0 Å². The summed E-state index contributed by atoms with van der Waals surface area (Å²) in [5, 5.41) is 0. The smallest absolute Gasteiger partial charge is 0.0449 e. The molecule has 16 heavy (non-hydrogen) atoms. The zero-order valence-electron chi connectivity index (χ0n) is 9.84. The van der Waals surface area contributed by atoms with Gasteiger partial charge in [-0.1, -0.05) is 43.7 Å². The van der Waals surface area contributed by atoms with E-state index in [0.717, 1.165) is 6.42 Å². The Balaban J connectivity index is 2.10. The third-order valence-corrected chi connectivity index (χ3v) is 2.94. The minimum atomic E-state index is 0.704. The second kappa shape index (κ2) is 5.55. The Labute approximate surface area is 98.1 Å². The van der Waals surface area contributed by atoms with Crippen LogP contribution >= 0.6 is 0 Å². The van der Waals surface area contributed by atoms with Gasteiger partial charge in [-0.25, -0.2) is 0 Å². The van der Waals surface area contributed by atoms with Crippen molar-refractivity contribution in [3.63, 3.8) is 0 Å². The summed E-state index contributed by atoms with van der Waals surface area (Å²) in [5.74, 6) is 0.704. The third-order valence-electron chi connectivity index (χ3n) is 2.94. The number of rotatable bonds is 3. The Morgan fingerprint density at radius 1 is 1.19 bits per heavy atom. The molecule has 1 atom stereocenters. The maximum Gasteiger partial charge on any atom is 0.0449 e. The van der Waals surface area contributed by atoms with Crippen molar-refractivity contribution >= 4 is 5.69 Å². The molecule has 84 valence electrons. The molecule has 1 heterocycles. The van der Waals surface area contributed by atoms with Crippen LogP contribution in [0, 0.1) is 5.92 Å². The Kier molecular flexibility index (Phi) is 3.81. The van der Waals surface area contributed by atoms with Gasteiger partial charge in [0.05, 0.1) is 0 Å². The van der Waals surface area contributed by atoms with E-state index in [1.165, 1.54) is 18.5 Å². The summed E-state index contributed by atoms with van der Waals surface area (Å²) >= 11 is 0. The van der Waals surface area contributed by atoms with Crippen LogP contribution in [0.4, 0.5) is 5.69 Å². The third kappa shape index (κ3) is 2.75. The van der Waals surface area contributed by atoms with Crippen molar-refractivity contribution in [1.29, 1.82) is 0 Å². The molecule has 0 N–H and O–H groups in total. The van der Waals surface area contributed by atoms with Crippen LogP contribution in [0.15, 0.2) is 54.9 Å². The normalized spacial score (nSPS) is 19.8. The molecule has 1 nitrogen and oxygen atoms in total. The molecule has 0 spiro atoms.